The summed E-state index contributed by atoms with van der Waals surface area (Å²) >= 11 is 0. The molecule has 174 valence electrons. The van der Waals surface area contributed by atoms with Gasteiger partial charge >= 0.3 is 12.2 Å². The number of ether oxygens (including phenoxy) is 1. The Bertz CT molecular complexity index is 1160. The van der Waals surface area contributed by atoms with Crippen LogP contribution >= 0.6 is 0 Å². The van der Waals surface area contributed by atoms with Crippen molar-refractivity contribution in [3.05, 3.63) is 53.5 Å². The molecule has 1 saturated heterocycles. The predicted molar refractivity (Wildman–Crippen MR) is 110 cm³/mol. The third kappa shape index (κ3) is 4.48. The van der Waals surface area contributed by atoms with Gasteiger partial charge in [-0.2, -0.15) is 13.2 Å². The number of pyridine rings is 1. The van der Waals surface area contributed by atoms with Gasteiger partial charge in [0.1, 0.15) is 11.3 Å². The maximum Gasteiger partial charge on any atom is 0.453 e. The first-order valence-corrected chi connectivity index (χ1v) is 10.4. The molecule has 3 amide bonds. The number of hydrogen-bond acceptors (Lipinski definition) is 6. The Hall–Kier alpha value is -3.63. The number of fused-ring (bicyclic) bond motifs is 1. The highest BCUT2D eigenvalue weighted by Gasteiger charge is 2.40. The fourth-order valence-corrected chi connectivity index (χ4v) is 3.76. The van der Waals surface area contributed by atoms with E-state index in [9.17, 15) is 22.8 Å². The standard InChI is InChI=1S/C22H21F3N4O4/c1-2-6-13-16(9-8-14-17(13)28-33-19(14)22(23,24)25)32-12-5-11-29-20(30)18(27-21(29)31)15-7-3-4-10-26-15/h3-4,7-10,18H,2,5-6,11-12H2,1H3,(H,27,31). The minimum absolute atomic E-state index is 0.113. The van der Waals surface area contributed by atoms with Crippen LogP contribution in [0, 0.1) is 0 Å². The summed E-state index contributed by atoms with van der Waals surface area (Å²) < 4.78 is 49.7. The van der Waals surface area contributed by atoms with Gasteiger partial charge in [0.05, 0.1) is 17.7 Å². The number of carbonyl (C=O) groups excluding carboxylic acids is 2. The molecule has 3 heterocycles. The van der Waals surface area contributed by atoms with Gasteiger partial charge in [-0.25, -0.2) is 4.79 Å². The molecule has 11 heteroatoms. The first-order chi connectivity index (χ1) is 15.8. The van der Waals surface area contributed by atoms with E-state index in [0.717, 1.165) is 4.90 Å². The van der Waals surface area contributed by atoms with Gasteiger partial charge in [-0.3, -0.25) is 14.7 Å². The number of imide groups is 1. The number of hydrogen-bond donors (Lipinski definition) is 1. The van der Waals surface area contributed by atoms with Crippen molar-refractivity contribution in [3.8, 4) is 5.75 Å². The molecule has 1 aliphatic heterocycles. The number of nitrogens with zero attached hydrogens (tertiary/aromatic N) is 3. The van der Waals surface area contributed by atoms with Crippen molar-refractivity contribution >= 4 is 22.8 Å². The van der Waals surface area contributed by atoms with Gasteiger partial charge in [0.2, 0.25) is 5.76 Å². The molecule has 4 rings (SSSR count). The quantitative estimate of drug-likeness (QED) is 0.397. The lowest BCUT2D eigenvalue weighted by atomic mass is 10.0. The summed E-state index contributed by atoms with van der Waals surface area (Å²) in [7, 11) is 0. The fraction of sp³-hybridized carbons (Fsp3) is 0.364. The SMILES string of the molecule is CCCc1c(OCCCN2C(=O)NC(c3ccccn3)C2=O)ccc2c(C(F)(F)F)onc12. The van der Waals surface area contributed by atoms with E-state index in [1.54, 1.807) is 24.4 Å². The molecule has 1 aliphatic rings. The predicted octanol–water partition coefficient (Wildman–Crippen LogP) is 4.26. The molecule has 33 heavy (non-hydrogen) atoms. The Morgan fingerprint density at radius 3 is 2.73 bits per heavy atom. The molecule has 1 atom stereocenters. The third-order valence-corrected chi connectivity index (χ3v) is 5.26. The van der Waals surface area contributed by atoms with Crippen LogP contribution in [0.5, 0.6) is 5.75 Å². The van der Waals surface area contributed by atoms with Crippen LogP contribution < -0.4 is 10.1 Å². The van der Waals surface area contributed by atoms with E-state index in [0.29, 0.717) is 36.3 Å². The number of urea groups is 1. The van der Waals surface area contributed by atoms with Crippen LogP contribution in [0.3, 0.4) is 0 Å². The minimum atomic E-state index is -4.64. The van der Waals surface area contributed by atoms with Crippen LogP contribution in [-0.2, 0) is 17.4 Å². The zero-order valence-electron chi connectivity index (χ0n) is 17.7. The van der Waals surface area contributed by atoms with Crippen LogP contribution in [0.25, 0.3) is 10.9 Å². The van der Waals surface area contributed by atoms with E-state index in [1.165, 1.54) is 12.1 Å². The van der Waals surface area contributed by atoms with Crippen molar-refractivity contribution in [2.75, 3.05) is 13.2 Å². The van der Waals surface area contributed by atoms with Crippen LogP contribution in [-0.4, -0.2) is 40.1 Å². The molecule has 2 aromatic heterocycles. The normalized spacial score (nSPS) is 16.5. The average Bonchev–Trinajstić information content (AvgIpc) is 3.35. The van der Waals surface area contributed by atoms with Crippen LogP contribution in [0.4, 0.5) is 18.0 Å². The van der Waals surface area contributed by atoms with Gasteiger partial charge in [0.25, 0.3) is 5.91 Å². The van der Waals surface area contributed by atoms with Crippen molar-refractivity contribution in [1.29, 1.82) is 0 Å². The monoisotopic (exact) mass is 462 g/mol. The Morgan fingerprint density at radius 1 is 1.21 bits per heavy atom. The maximum absolute atomic E-state index is 13.1. The molecule has 1 N–H and O–H groups in total. The summed E-state index contributed by atoms with van der Waals surface area (Å²) in [4.78, 5) is 30.0. The minimum Gasteiger partial charge on any atom is -0.493 e. The topological polar surface area (TPSA) is 97.6 Å². The molecule has 0 bridgehead atoms. The van der Waals surface area contributed by atoms with E-state index in [1.807, 2.05) is 6.92 Å². The molecular weight excluding hydrogens is 441 g/mol. The van der Waals surface area contributed by atoms with E-state index in [2.05, 4.69) is 20.0 Å². The van der Waals surface area contributed by atoms with Crippen molar-refractivity contribution in [2.45, 2.75) is 38.4 Å². The lowest BCUT2D eigenvalue weighted by molar-refractivity contribution is -0.154. The fourth-order valence-electron chi connectivity index (χ4n) is 3.76. The van der Waals surface area contributed by atoms with Gasteiger partial charge in [-0.05, 0) is 37.1 Å². The number of aryl methyl sites for hydroxylation is 1. The number of carbonyl (C=O) groups is 2. The Kier molecular flexibility index (Phi) is 6.21. The van der Waals surface area contributed by atoms with Gasteiger partial charge in [-0.15, -0.1) is 0 Å². The molecule has 0 spiro atoms. The third-order valence-electron chi connectivity index (χ3n) is 5.26. The lowest BCUT2D eigenvalue weighted by Gasteiger charge is -2.15. The summed E-state index contributed by atoms with van der Waals surface area (Å²) in [6.45, 7) is 2.17. The summed E-state index contributed by atoms with van der Waals surface area (Å²) in [5.74, 6) is -1.13. The lowest BCUT2D eigenvalue weighted by Crippen LogP contribution is -2.32. The Morgan fingerprint density at radius 2 is 2.03 bits per heavy atom. The average molecular weight is 462 g/mol. The van der Waals surface area contributed by atoms with Crippen molar-refractivity contribution in [3.63, 3.8) is 0 Å². The van der Waals surface area contributed by atoms with Crippen LogP contribution in [0.1, 0.15) is 42.8 Å². The highest BCUT2D eigenvalue weighted by molar-refractivity contribution is 6.04. The van der Waals surface area contributed by atoms with E-state index in [4.69, 9.17) is 4.74 Å². The Balaban J connectivity index is 1.41. The molecule has 0 saturated carbocycles. The molecule has 0 radical (unpaired) electrons. The second-order valence-corrected chi connectivity index (χ2v) is 7.53. The number of alkyl halides is 3. The summed E-state index contributed by atoms with van der Waals surface area (Å²) in [6.07, 6.45) is -1.64. The number of aromatic nitrogens is 2. The Labute approximate surface area is 186 Å². The summed E-state index contributed by atoms with van der Waals surface area (Å²) in [6, 6.07) is 6.51. The second-order valence-electron chi connectivity index (χ2n) is 7.53. The number of rotatable bonds is 8. The first kappa shape index (κ1) is 22.6. The summed E-state index contributed by atoms with van der Waals surface area (Å²) in [5.41, 5.74) is 1.10. The van der Waals surface area contributed by atoms with Crippen molar-refractivity contribution in [2.24, 2.45) is 0 Å². The maximum atomic E-state index is 13.1. The molecule has 1 aromatic carbocycles. The molecule has 3 aromatic rings. The van der Waals surface area contributed by atoms with Gasteiger partial charge in [-0.1, -0.05) is 24.6 Å². The zero-order chi connectivity index (χ0) is 23.6. The van der Waals surface area contributed by atoms with Crippen molar-refractivity contribution in [1.82, 2.24) is 20.4 Å². The summed E-state index contributed by atoms with van der Waals surface area (Å²) in [5, 5.41) is 6.13. The van der Waals surface area contributed by atoms with E-state index in [-0.39, 0.29) is 24.1 Å². The van der Waals surface area contributed by atoms with Crippen molar-refractivity contribution < 1.29 is 32.0 Å². The van der Waals surface area contributed by atoms with E-state index >= 15 is 0 Å². The molecule has 1 unspecified atom stereocenters. The number of nitrogens with one attached hydrogen (secondary N) is 1. The van der Waals surface area contributed by atoms with Crippen LogP contribution in [0.2, 0.25) is 0 Å². The number of halogens is 3. The van der Waals surface area contributed by atoms with Gasteiger partial charge in [0.15, 0.2) is 6.04 Å². The van der Waals surface area contributed by atoms with E-state index < -0.39 is 29.9 Å². The molecule has 0 aliphatic carbocycles. The highest BCUT2D eigenvalue weighted by atomic mass is 19.4. The zero-order valence-corrected chi connectivity index (χ0v) is 17.7. The number of amides is 3. The van der Waals surface area contributed by atoms with Gasteiger partial charge < -0.3 is 14.6 Å². The van der Waals surface area contributed by atoms with Gasteiger partial charge in [0, 0.05) is 18.3 Å². The molecule has 1 fully saturated rings. The highest BCUT2D eigenvalue weighted by Crippen LogP contribution is 2.38. The van der Waals surface area contributed by atoms with Crippen LogP contribution in [0.15, 0.2) is 41.1 Å². The second kappa shape index (κ2) is 9.08. The smallest absolute Gasteiger partial charge is 0.453 e. The molecular formula is C22H21F3N4O4. The largest absolute Gasteiger partial charge is 0.493 e. The first-order valence-electron chi connectivity index (χ1n) is 10.4. The number of benzene rings is 1. The molecule has 8 nitrogen and oxygen atoms in total.